The molecule has 78 valence electrons. The largest absolute Gasteiger partial charge is 0.513 e. The number of aliphatic hydroxyl groups excluding tert-OH is 1. The number of methoxy groups -OCH3 is 2. The van der Waals surface area contributed by atoms with Crippen molar-refractivity contribution >= 4 is 11.9 Å². The predicted octanol–water partition coefficient (Wildman–Crippen LogP) is 0.554. The van der Waals surface area contributed by atoms with Crippen LogP contribution in [0.15, 0.2) is 11.8 Å². The second-order valence-electron chi connectivity index (χ2n) is 3.14. The van der Waals surface area contributed by atoms with Crippen LogP contribution in [0.5, 0.6) is 0 Å². The third kappa shape index (κ3) is 1.45. The first kappa shape index (κ1) is 10.6. The average Bonchev–Trinajstić information content (AvgIpc) is 2.59. The number of aliphatic hydroxyl groups is 1. The molecule has 0 heterocycles. The van der Waals surface area contributed by atoms with Gasteiger partial charge < -0.3 is 14.6 Å². The Hall–Kier alpha value is -1.52. The van der Waals surface area contributed by atoms with Gasteiger partial charge in [0.15, 0.2) is 5.41 Å². The summed E-state index contributed by atoms with van der Waals surface area (Å²) in [5, 5.41) is 9.20. The number of esters is 2. The first-order chi connectivity index (χ1) is 6.56. The molecule has 0 aromatic carbocycles. The summed E-state index contributed by atoms with van der Waals surface area (Å²) in [6, 6.07) is 0. The summed E-state index contributed by atoms with van der Waals surface area (Å²) >= 11 is 0. The maximum absolute atomic E-state index is 11.4. The van der Waals surface area contributed by atoms with Crippen LogP contribution >= 0.6 is 0 Å². The van der Waals surface area contributed by atoms with E-state index in [0.717, 1.165) is 0 Å². The fourth-order valence-electron chi connectivity index (χ4n) is 1.53. The van der Waals surface area contributed by atoms with Gasteiger partial charge in [0.05, 0.1) is 20.0 Å². The Morgan fingerprint density at radius 1 is 1.36 bits per heavy atom. The van der Waals surface area contributed by atoms with Gasteiger partial charge in [-0.05, 0) is 12.5 Å². The molecule has 1 rings (SSSR count). The van der Waals surface area contributed by atoms with Crippen LogP contribution in [0, 0.1) is 5.41 Å². The van der Waals surface area contributed by atoms with Crippen LogP contribution in [0.1, 0.15) is 12.8 Å². The van der Waals surface area contributed by atoms with Gasteiger partial charge in [0.1, 0.15) is 0 Å². The Morgan fingerprint density at radius 2 is 1.86 bits per heavy atom. The van der Waals surface area contributed by atoms with Crippen molar-refractivity contribution in [2.75, 3.05) is 14.2 Å². The summed E-state index contributed by atoms with van der Waals surface area (Å²) in [5.41, 5.74) is -1.38. The summed E-state index contributed by atoms with van der Waals surface area (Å²) in [5.74, 6) is -1.34. The van der Waals surface area contributed by atoms with Crippen molar-refractivity contribution in [1.82, 2.24) is 0 Å². The standard InChI is InChI=1S/C9H12O5/c1-13-7(11)9(8(12)14-2)4-3-6(10)5-9/h3,10H,4-5H2,1-2H3. The number of rotatable bonds is 2. The van der Waals surface area contributed by atoms with Crippen LogP contribution in [0.4, 0.5) is 0 Å². The van der Waals surface area contributed by atoms with E-state index in [1.165, 1.54) is 20.3 Å². The van der Waals surface area contributed by atoms with Crippen molar-refractivity contribution in [2.45, 2.75) is 12.8 Å². The molecule has 14 heavy (non-hydrogen) atoms. The lowest BCUT2D eigenvalue weighted by Crippen LogP contribution is -2.39. The average molecular weight is 200 g/mol. The number of ether oxygens (including phenoxy) is 2. The SMILES string of the molecule is COC(=O)C1(C(=O)OC)CC=C(O)C1. The van der Waals surface area contributed by atoms with Gasteiger partial charge in [-0.3, -0.25) is 9.59 Å². The lowest BCUT2D eigenvalue weighted by atomic mass is 9.85. The van der Waals surface area contributed by atoms with Crippen LogP contribution in [-0.2, 0) is 19.1 Å². The zero-order chi connectivity index (χ0) is 10.8. The van der Waals surface area contributed by atoms with E-state index in [-0.39, 0.29) is 18.6 Å². The summed E-state index contributed by atoms with van der Waals surface area (Å²) < 4.78 is 9.05. The Bertz CT molecular complexity index is 276. The highest BCUT2D eigenvalue weighted by Gasteiger charge is 2.51. The number of hydrogen-bond acceptors (Lipinski definition) is 5. The van der Waals surface area contributed by atoms with Crippen molar-refractivity contribution in [3.05, 3.63) is 11.8 Å². The fraction of sp³-hybridized carbons (Fsp3) is 0.556. The Balaban J connectivity index is 2.94. The normalized spacial score (nSPS) is 18.6. The smallest absolute Gasteiger partial charge is 0.324 e. The fourth-order valence-corrected chi connectivity index (χ4v) is 1.53. The third-order valence-corrected chi connectivity index (χ3v) is 2.32. The minimum Gasteiger partial charge on any atom is -0.513 e. The Kier molecular flexibility index (Phi) is 2.78. The third-order valence-electron chi connectivity index (χ3n) is 2.32. The number of carbonyl (C=O) groups is 2. The summed E-state index contributed by atoms with van der Waals surface area (Å²) in [6.45, 7) is 0. The Morgan fingerprint density at radius 3 is 2.14 bits per heavy atom. The lowest BCUT2D eigenvalue weighted by Gasteiger charge is -2.22. The van der Waals surface area contributed by atoms with Crippen LogP contribution in [-0.4, -0.2) is 31.3 Å². The molecule has 0 aromatic rings. The predicted molar refractivity (Wildman–Crippen MR) is 46.4 cm³/mol. The molecule has 1 N–H and O–H groups in total. The highest BCUT2D eigenvalue weighted by molar-refractivity contribution is 6.01. The number of allylic oxidation sites excluding steroid dienone is 2. The van der Waals surface area contributed by atoms with Gasteiger partial charge >= 0.3 is 11.9 Å². The first-order valence-corrected chi connectivity index (χ1v) is 4.11. The van der Waals surface area contributed by atoms with E-state index in [1.807, 2.05) is 0 Å². The maximum atomic E-state index is 11.4. The van der Waals surface area contributed by atoms with Gasteiger partial charge in [-0.2, -0.15) is 0 Å². The minimum absolute atomic E-state index is 0.0146. The highest BCUT2D eigenvalue weighted by atomic mass is 16.5. The van der Waals surface area contributed by atoms with Gasteiger partial charge in [0, 0.05) is 6.42 Å². The summed E-state index contributed by atoms with van der Waals surface area (Å²) in [6.07, 6.45) is 1.50. The molecular formula is C9H12O5. The molecule has 0 aliphatic heterocycles. The maximum Gasteiger partial charge on any atom is 0.324 e. The van der Waals surface area contributed by atoms with E-state index in [9.17, 15) is 14.7 Å². The number of hydrogen-bond donors (Lipinski definition) is 1. The highest BCUT2D eigenvalue weighted by Crippen LogP contribution is 2.38. The summed E-state index contributed by atoms with van der Waals surface area (Å²) in [7, 11) is 2.39. The molecule has 0 saturated carbocycles. The molecule has 5 heteroatoms. The second kappa shape index (κ2) is 3.69. The molecule has 0 fully saturated rings. The zero-order valence-electron chi connectivity index (χ0n) is 8.07. The van der Waals surface area contributed by atoms with E-state index in [1.54, 1.807) is 0 Å². The van der Waals surface area contributed by atoms with Gasteiger partial charge in [-0.25, -0.2) is 0 Å². The molecule has 0 bridgehead atoms. The van der Waals surface area contributed by atoms with Gasteiger partial charge in [-0.15, -0.1) is 0 Å². The van der Waals surface area contributed by atoms with Crippen LogP contribution in [0.3, 0.4) is 0 Å². The van der Waals surface area contributed by atoms with E-state index in [4.69, 9.17) is 0 Å². The van der Waals surface area contributed by atoms with Crippen molar-refractivity contribution in [2.24, 2.45) is 5.41 Å². The van der Waals surface area contributed by atoms with E-state index >= 15 is 0 Å². The van der Waals surface area contributed by atoms with Gasteiger partial charge in [0.25, 0.3) is 0 Å². The minimum atomic E-state index is -1.38. The molecule has 0 unspecified atom stereocenters. The second-order valence-corrected chi connectivity index (χ2v) is 3.14. The van der Waals surface area contributed by atoms with E-state index in [0.29, 0.717) is 0 Å². The molecule has 0 amide bonds. The molecule has 1 aliphatic rings. The molecule has 0 aromatic heterocycles. The van der Waals surface area contributed by atoms with Crippen LogP contribution < -0.4 is 0 Å². The zero-order valence-corrected chi connectivity index (χ0v) is 8.07. The quantitative estimate of drug-likeness (QED) is 0.520. The lowest BCUT2D eigenvalue weighted by molar-refractivity contribution is -0.168. The van der Waals surface area contributed by atoms with Crippen LogP contribution in [0.2, 0.25) is 0 Å². The molecule has 0 radical (unpaired) electrons. The van der Waals surface area contributed by atoms with Crippen molar-refractivity contribution in [3.8, 4) is 0 Å². The van der Waals surface area contributed by atoms with Gasteiger partial charge in [-0.1, -0.05) is 0 Å². The van der Waals surface area contributed by atoms with Crippen molar-refractivity contribution in [1.29, 1.82) is 0 Å². The molecule has 1 aliphatic carbocycles. The van der Waals surface area contributed by atoms with Crippen molar-refractivity contribution in [3.63, 3.8) is 0 Å². The van der Waals surface area contributed by atoms with E-state index < -0.39 is 17.4 Å². The van der Waals surface area contributed by atoms with E-state index in [2.05, 4.69) is 9.47 Å². The summed E-state index contributed by atoms with van der Waals surface area (Å²) in [4.78, 5) is 22.8. The van der Waals surface area contributed by atoms with Crippen LogP contribution in [0.25, 0.3) is 0 Å². The first-order valence-electron chi connectivity index (χ1n) is 4.11. The topological polar surface area (TPSA) is 72.8 Å². The monoisotopic (exact) mass is 200 g/mol. The molecule has 0 saturated heterocycles. The molecule has 5 nitrogen and oxygen atoms in total. The van der Waals surface area contributed by atoms with Gasteiger partial charge in [0.2, 0.25) is 0 Å². The molecule has 0 atom stereocenters. The Labute approximate surface area is 81.3 Å². The van der Waals surface area contributed by atoms with Crippen molar-refractivity contribution < 1.29 is 24.2 Å². The number of carbonyl (C=O) groups excluding carboxylic acids is 2. The molecule has 0 spiro atoms. The molecular weight excluding hydrogens is 188 g/mol.